The van der Waals surface area contributed by atoms with Crippen molar-refractivity contribution in [2.75, 3.05) is 0 Å². The van der Waals surface area contributed by atoms with Gasteiger partial charge in [-0.3, -0.25) is 9.59 Å². The fourth-order valence-electron chi connectivity index (χ4n) is 3.53. The zero-order valence-electron chi connectivity index (χ0n) is 20.0. The SMILES string of the molecule is C/C(=N\NC(=O)CCCCC(=O)N/N=C(\C)c1ccc(C)cc1C)c1ccc(C)cc1C. The van der Waals surface area contributed by atoms with Crippen molar-refractivity contribution in [2.45, 2.75) is 67.2 Å². The number of hydrazone groups is 2. The number of aryl methyl sites for hydroxylation is 4. The summed E-state index contributed by atoms with van der Waals surface area (Å²) < 4.78 is 0. The molecule has 0 spiro atoms. The van der Waals surface area contributed by atoms with Gasteiger partial charge in [0.15, 0.2) is 0 Å². The highest BCUT2D eigenvalue weighted by Gasteiger charge is 2.07. The monoisotopic (exact) mass is 434 g/mol. The molecule has 0 aliphatic heterocycles. The van der Waals surface area contributed by atoms with Crippen molar-refractivity contribution in [3.05, 3.63) is 69.8 Å². The fourth-order valence-corrected chi connectivity index (χ4v) is 3.53. The van der Waals surface area contributed by atoms with Gasteiger partial charge in [-0.15, -0.1) is 0 Å². The van der Waals surface area contributed by atoms with Crippen LogP contribution in [-0.2, 0) is 9.59 Å². The third-order valence-corrected chi connectivity index (χ3v) is 5.30. The Bertz CT molecular complexity index is 955. The predicted molar refractivity (Wildman–Crippen MR) is 131 cm³/mol. The van der Waals surface area contributed by atoms with Gasteiger partial charge < -0.3 is 0 Å². The summed E-state index contributed by atoms with van der Waals surface area (Å²) in [6.07, 6.45) is 1.86. The number of benzene rings is 2. The van der Waals surface area contributed by atoms with Crippen LogP contribution < -0.4 is 10.9 Å². The minimum Gasteiger partial charge on any atom is -0.273 e. The fraction of sp³-hybridized carbons (Fsp3) is 0.385. The highest BCUT2D eigenvalue weighted by atomic mass is 16.2. The average Bonchev–Trinajstić information content (AvgIpc) is 2.73. The molecule has 2 amide bonds. The van der Waals surface area contributed by atoms with Gasteiger partial charge in [0.25, 0.3) is 0 Å². The topological polar surface area (TPSA) is 82.9 Å². The van der Waals surface area contributed by atoms with Crippen LogP contribution in [0.2, 0.25) is 0 Å². The van der Waals surface area contributed by atoms with Crippen molar-refractivity contribution in [3.8, 4) is 0 Å². The van der Waals surface area contributed by atoms with Gasteiger partial charge in [0.2, 0.25) is 11.8 Å². The Kier molecular flexibility index (Phi) is 9.32. The number of rotatable bonds is 9. The van der Waals surface area contributed by atoms with E-state index in [9.17, 15) is 9.59 Å². The standard InChI is InChI=1S/C26H34N4O2/c1-17-11-13-23(19(3)15-17)21(5)27-29-25(31)9-7-8-10-26(32)30-28-22(6)24-14-12-18(2)16-20(24)4/h11-16H,7-10H2,1-6H3,(H,29,31)(H,30,32)/b27-21+,28-22+. The maximum atomic E-state index is 12.0. The van der Waals surface area contributed by atoms with Gasteiger partial charge in [0.1, 0.15) is 0 Å². The molecule has 2 rings (SSSR count). The number of carbonyl (C=O) groups is 2. The van der Waals surface area contributed by atoms with Gasteiger partial charge in [0, 0.05) is 24.0 Å². The zero-order chi connectivity index (χ0) is 23.7. The predicted octanol–water partition coefficient (Wildman–Crippen LogP) is 4.86. The molecule has 6 heteroatoms. The van der Waals surface area contributed by atoms with E-state index in [1.807, 2.05) is 65.8 Å². The Morgan fingerprint density at radius 1 is 0.688 bits per heavy atom. The molecule has 0 unspecified atom stereocenters. The quantitative estimate of drug-likeness (QED) is 0.336. The molecule has 6 nitrogen and oxygen atoms in total. The molecule has 2 N–H and O–H groups in total. The van der Waals surface area contributed by atoms with E-state index in [0.29, 0.717) is 25.7 Å². The molecule has 0 bridgehead atoms. The first-order valence-electron chi connectivity index (χ1n) is 11.0. The van der Waals surface area contributed by atoms with Gasteiger partial charge in [-0.05, 0) is 65.5 Å². The van der Waals surface area contributed by atoms with Crippen molar-refractivity contribution < 1.29 is 9.59 Å². The Labute approximate surface area is 191 Å². The maximum Gasteiger partial charge on any atom is 0.240 e. The maximum absolute atomic E-state index is 12.0. The molecular formula is C26H34N4O2. The Morgan fingerprint density at radius 2 is 1.06 bits per heavy atom. The number of amides is 2. The van der Waals surface area contributed by atoms with Gasteiger partial charge in [-0.2, -0.15) is 10.2 Å². The summed E-state index contributed by atoms with van der Waals surface area (Å²) >= 11 is 0. The zero-order valence-corrected chi connectivity index (χ0v) is 20.0. The van der Waals surface area contributed by atoms with E-state index in [2.05, 4.69) is 33.2 Å². The van der Waals surface area contributed by atoms with Crippen LogP contribution in [0.3, 0.4) is 0 Å². The summed E-state index contributed by atoms with van der Waals surface area (Å²) in [7, 11) is 0. The van der Waals surface area contributed by atoms with Crippen LogP contribution in [0.25, 0.3) is 0 Å². The van der Waals surface area contributed by atoms with Crippen molar-refractivity contribution in [2.24, 2.45) is 10.2 Å². The highest BCUT2D eigenvalue weighted by molar-refractivity contribution is 6.01. The summed E-state index contributed by atoms with van der Waals surface area (Å²) in [5.41, 5.74) is 13.4. The molecule has 0 saturated heterocycles. The van der Waals surface area contributed by atoms with E-state index in [1.165, 1.54) is 11.1 Å². The number of hydrogen-bond acceptors (Lipinski definition) is 4. The van der Waals surface area contributed by atoms with Crippen molar-refractivity contribution in [3.63, 3.8) is 0 Å². The van der Waals surface area contributed by atoms with Gasteiger partial charge in [0.05, 0.1) is 11.4 Å². The van der Waals surface area contributed by atoms with Crippen LogP contribution in [0, 0.1) is 27.7 Å². The minimum absolute atomic E-state index is 0.154. The molecule has 0 radical (unpaired) electrons. The van der Waals surface area contributed by atoms with E-state index in [-0.39, 0.29) is 11.8 Å². The lowest BCUT2D eigenvalue weighted by molar-refractivity contribution is -0.123. The largest absolute Gasteiger partial charge is 0.273 e. The molecular weight excluding hydrogens is 400 g/mol. The van der Waals surface area contributed by atoms with Crippen LogP contribution in [-0.4, -0.2) is 23.2 Å². The molecule has 0 aliphatic rings. The lowest BCUT2D eigenvalue weighted by Crippen LogP contribution is -2.20. The molecule has 32 heavy (non-hydrogen) atoms. The third-order valence-electron chi connectivity index (χ3n) is 5.30. The Morgan fingerprint density at radius 3 is 1.41 bits per heavy atom. The smallest absolute Gasteiger partial charge is 0.240 e. The van der Waals surface area contributed by atoms with Crippen LogP contribution in [0.5, 0.6) is 0 Å². The Balaban J connectivity index is 1.72. The van der Waals surface area contributed by atoms with Crippen LogP contribution in [0.15, 0.2) is 46.6 Å². The average molecular weight is 435 g/mol. The molecule has 0 aliphatic carbocycles. The second kappa shape index (κ2) is 11.9. The van der Waals surface area contributed by atoms with Gasteiger partial charge in [-0.25, -0.2) is 10.9 Å². The van der Waals surface area contributed by atoms with E-state index in [1.54, 1.807) is 0 Å². The first kappa shape index (κ1) is 25.0. The molecule has 0 fully saturated rings. The van der Waals surface area contributed by atoms with Crippen molar-refractivity contribution >= 4 is 23.2 Å². The number of nitrogens with one attached hydrogen (secondary N) is 2. The number of unbranched alkanes of at least 4 members (excludes halogenated alkanes) is 1. The summed E-state index contributed by atoms with van der Waals surface area (Å²) in [6, 6.07) is 12.3. The van der Waals surface area contributed by atoms with E-state index in [0.717, 1.165) is 33.7 Å². The van der Waals surface area contributed by atoms with Gasteiger partial charge in [-0.1, -0.05) is 47.5 Å². The van der Waals surface area contributed by atoms with Crippen LogP contribution in [0.1, 0.15) is 72.9 Å². The normalized spacial score (nSPS) is 11.9. The van der Waals surface area contributed by atoms with Crippen LogP contribution in [0.4, 0.5) is 0 Å². The summed E-state index contributed by atoms with van der Waals surface area (Å²) in [5.74, 6) is -0.309. The molecule has 0 saturated carbocycles. The summed E-state index contributed by atoms with van der Waals surface area (Å²) in [4.78, 5) is 24.1. The Hall–Kier alpha value is -3.28. The number of hydrogen-bond donors (Lipinski definition) is 2. The molecule has 0 aromatic heterocycles. The third kappa shape index (κ3) is 7.76. The van der Waals surface area contributed by atoms with Crippen molar-refractivity contribution in [1.29, 1.82) is 0 Å². The first-order valence-corrected chi connectivity index (χ1v) is 11.0. The van der Waals surface area contributed by atoms with E-state index >= 15 is 0 Å². The second-order valence-electron chi connectivity index (χ2n) is 8.31. The number of carbonyl (C=O) groups excluding carboxylic acids is 2. The van der Waals surface area contributed by atoms with E-state index in [4.69, 9.17) is 0 Å². The van der Waals surface area contributed by atoms with Crippen molar-refractivity contribution in [1.82, 2.24) is 10.9 Å². The van der Waals surface area contributed by atoms with Crippen LogP contribution >= 0.6 is 0 Å². The summed E-state index contributed by atoms with van der Waals surface area (Å²) in [6.45, 7) is 11.9. The molecule has 0 heterocycles. The lowest BCUT2D eigenvalue weighted by Gasteiger charge is -2.07. The highest BCUT2D eigenvalue weighted by Crippen LogP contribution is 2.12. The molecule has 170 valence electrons. The number of nitrogens with zero attached hydrogens (tertiary/aromatic N) is 2. The lowest BCUT2D eigenvalue weighted by atomic mass is 10.0. The molecule has 2 aromatic carbocycles. The molecule has 2 aromatic rings. The first-order chi connectivity index (χ1) is 15.2. The van der Waals surface area contributed by atoms with E-state index < -0.39 is 0 Å². The second-order valence-corrected chi connectivity index (χ2v) is 8.31. The summed E-state index contributed by atoms with van der Waals surface area (Å²) in [5, 5.41) is 8.42. The molecule has 0 atom stereocenters. The van der Waals surface area contributed by atoms with Gasteiger partial charge >= 0.3 is 0 Å². The minimum atomic E-state index is -0.154.